The molecule has 0 atom stereocenters. The van der Waals surface area contributed by atoms with Crippen LogP contribution in [-0.4, -0.2) is 34.1 Å². The number of nitrogens with zero attached hydrogens (tertiary/aromatic N) is 3. The molecule has 7 nitrogen and oxygen atoms in total. The summed E-state index contributed by atoms with van der Waals surface area (Å²) in [7, 11) is 3.19. The fraction of sp³-hybridized carbons (Fsp3) is 0.154. The third-order valence-corrected chi connectivity index (χ3v) is 3.41. The van der Waals surface area contributed by atoms with Crippen molar-refractivity contribution in [2.45, 2.75) is 0 Å². The molecule has 0 aliphatic carbocycles. The number of carbonyl (C=O) groups excluding carboxylic acids is 1. The van der Waals surface area contributed by atoms with Crippen molar-refractivity contribution in [3.05, 3.63) is 39.2 Å². The van der Waals surface area contributed by atoms with Gasteiger partial charge in [-0.05, 0) is 34.7 Å². The largest absolute Gasteiger partial charge is 0.504 e. The van der Waals surface area contributed by atoms with Crippen LogP contribution in [0.2, 0.25) is 0 Å². The van der Waals surface area contributed by atoms with E-state index in [-0.39, 0.29) is 5.75 Å². The number of halogens is 1. The molecule has 21 heavy (non-hydrogen) atoms. The first-order valence-corrected chi connectivity index (χ1v) is 6.99. The zero-order valence-corrected chi connectivity index (χ0v) is 13.5. The summed E-state index contributed by atoms with van der Waals surface area (Å²) in [6.45, 7) is 0. The van der Waals surface area contributed by atoms with Crippen molar-refractivity contribution >= 4 is 34.7 Å². The number of hydrazone groups is 1. The molecule has 2 aromatic rings. The van der Waals surface area contributed by atoms with E-state index in [0.717, 1.165) is 3.57 Å². The molecule has 0 unspecified atom stereocenters. The van der Waals surface area contributed by atoms with E-state index in [1.54, 1.807) is 36.1 Å². The maximum atomic E-state index is 11.9. The maximum absolute atomic E-state index is 11.9. The summed E-state index contributed by atoms with van der Waals surface area (Å²) >= 11 is 2.02. The second-order valence-corrected chi connectivity index (χ2v) is 5.26. The summed E-state index contributed by atoms with van der Waals surface area (Å²) in [5, 5.41) is 17.7. The van der Waals surface area contributed by atoms with E-state index in [1.165, 1.54) is 13.3 Å². The zero-order valence-electron chi connectivity index (χ0n) is 11.4. The highest BCUT2D eigenvalue weighted by molar-refractivity contribution is 14.1. The van der Waals surface area contributed by atoms with E-state index in [0.29, 0.717) is 17.0 Å². The van der Waals surface area contributed by atoms with Gasteiger partial charge in [0.2, 0.25) is 0 Å². The van der Waals surface area contributed by atoms with Crippen LogP contribution in [0.15, 0.2) is 29.5 Å². The van der Waals surface area contributed by atoms with Gasteiger partial charge in [0, 0.05) is 18.8 Å². The fourth-order valence-corrected chi connectivity index (χ4v) is 2.39. The number of carbonyl (C=O) groups is 1. The van der Waals surface area contributed by atoms with Crippen molar-refractivity contribution in [1.29, 1.82) is 0 Å². The lowest BCUT2D eigenvalue weighted by molar-refractivity contribution is 0.0948. The minimum Gasteiger partial charge on any atom is -0.504 e. The molecule has 0 bridgehead atoms. The van der Waals surface area contributed by atoms with Crippen LogP contribution in [0.25, 0.3) is 0 Å². The van der Waals surface area contributed by atoms with Gasteiger partial charge in [-0.25, -0.2) is 5.43 Å². The molecule has 0 radical (unpaired) electrons. The lowest BCUT2D eigenvalue weighted by Crippen LogP contribution is -2.19. The number of nitrogens with one attached hydrogen (secondary N) is 1. The second kappa shape index (κ2) is 6.57. The molecule has 1 heterocycles. The highest BCUT2D eigenvalue weighted by Gasteiger charge is 2.13. The Bertz CT molecular complexity index is 697. The Balaban J connectivity index is 2.09. The number of benzene rings is 1. The molecule has 0 fully saturated rings. The minimum absolute atomic E-state index is 0.0367. The minimum atomic E-state index is -0.418. The van der Waals surface area contributed by atoms with Crippen molar-refractivity contribution in [2.24, 2.45) is 12.1 Å². The number of methoxy groups -OCH3 is 1. The molecule has 2 N–H and O–H groups in total. The van der Waals surface area contributed by atoms with Gasteiger partial charge < -0.3 is 9.84 Å². The van der Waals surface area contributed by atoms with E-state index < -0.39 is 5.91 Å². The molecule has 0 spiro atoms. The fourth-order valence-electron chi connectivity index (χ4n) is 1.64. The molecule has 0 saturated heterocycles. The molecule has 1 amide bonds. The highest BCUT2D eigenvalue weighted by atomic mass is 127. The van der Waals surface area contributed by atoms with Gasteiger partial charge in [0.05, 0.1) is 16.9 Å². The van der Waals surface area contributed by atoms with Gasteiger partial charge in [-0.3, -0.25) is 9.48 Å². The number of aromatic hydroxyl groups is 1. The molecule has 1 aromatic carbocycles. The van der Waals surface area contributed by atoms with Gasteiger partial charge in [0.25, 0.3) is 5.91 Å². The van der Waals surface area contributed by atoms with Gasteiger partial charge in [-0.2, -0.15) is 10.2 Å². The Morgan fingerprint density at radius 3 is 2.95 bits per heavy atom. The smallest absolute Gasteiger partial charge is 0.292 e. The van der Waals surface area contributed by atoms with E-state index in [1.807, 2.05) is 22.6 Å². The highest BCUT2D eigenvalue weighted by Crippen LogP contribution is 2.27. The predicted octanol–water partition coefficient (Wildman–Crippen LogP) is 1.50. The third-order valence-electron chi connectivity index (χ3n) is 2.62. The van der Waals surface area contributed by atoms with Crippen LogP contribution in [-0.2, 0) is 7.05 Å². The molecule has 2 rings (SSSR count). The van der Waals surface area contributed by atoms with Crippen molar-refractivity contribution in [3.8, 4) is 11.5 Å². The van der Waals surface area contributed by atoms with Crippen LogP contribution in [0.1, 0.15) is 16.1 Å². The monoisotopic (exact) mass is 400 g/mol. The SMILES string of the molecule is COc1cccc(/C=N\NC(=O)c2nn(C)cc2I)c1O. The summed E-state index contributed by atoms with van der Waals surface area (Å²) in [4.78, 5) is 11.9. The normalized spacial score (nSPS) is 10.8. The number of aryl methyl sites for hydroxylation is 1. The van der Waals surface area contributed by atoms with Crippen LogP contribution in [0, 0.1) is 3.57 Å². The summed E-state index contributed by atoms with van der Waals surface area (Å²) in [6.07, 6.45) is 3.07. The van der Waals surface area contributed by atoms with Crippen LogP contribution in [0.5, 0.6) is 11.5 Å². The van der Waals surface area contributed by atoms with Crippen LogP contribution >= 0.6 is 22.6 Å². The molecular weight excluding hydrogens is 387 g/mol. The summed E-state index contributed by atoms with van der Waals surface area (Å²) in [6, 6.07) is 4.99. The standard InChI is InChI=1S/C13H13IN4O3/c1-18-7-9(14)11(17-18)13(20)16-15-6-8-4-3-5-10(21-2)12(8)19/h3-7,19H,1-2H3,(H,16,20)/b15-6-. The summed E-state index contributed by atoms with van der Waals surface area (Å²) in [5.41, 5.74) is 3.10. The quantitative estimate of drug-likeness (QED) is 0.463. The Hall–Kier alpha value is -2.10. The Morgan fingerprint density at radius 1 is 1.57 bits per heavy atom. The second-order valence-electron chi connectivity index (χ2n) is 4.10. The Labute approximate surface area is 134 Å². The molecule has 110 valence electrons. The van der Waals surface area contributed by atoms with E-state index in [9.17, 15) is 9.90 Å². The van der Waals surface area contributed by atoms with Crippen LogP contribution in [0.3, 0.4) is 0 Å². The van der Waals surface area contributed by atoms with Gasteiger partial charge >= 0.3 is 0 Å². The van der Waals surface area contributed by atoms with Crippen LogP contribution < -0.4 is 10.2 Å². The number of hydrogen-bond donors (Lipinski definition) is 2. The molecule has 0 aliphatic rings. The summed E-state index contributed by atoms with van der Waals surface area (Å²) < 4.78 is 7.27. The van der Waals surface area contributed by atoms with Crippen molar-refractivity contribution in [3.63, 3.8) is 0 Å². The zero-order chi connectivity index (χ0) is 15.4. The summed E-state index contributed by atoms with van der Waals surface area (Å²) in [5.74, 6) is -0.117. The number of aromatic nitrogens is 2. The maximum Gasteiger partial charge on any atom is 0.292 e. The van der Waals surface area contributed by atoms with Gasteiger partial charge in [0.15, 0.2) is 17.2 Å². The number of phenols is 1. The van der Waals surface area contributed by atoms with E-state index in [4.69, 9.17) is 4.74 Å². The topological polar surface area (TPSA) is 88.7 Å². The molecular formula is C13H13IN4O3. The number of rotatable bonds is 4. The van der Waals surface area contributed by atoms with E-state index >= 15 is 0 Å². The first kappa shape index (κ1) is 15.3. The van der Waals surface area contributed by atoms with Gasteiger partial charge in [-0.1, -0.05) is 6.07 Å². The lowest BCUT2D eigenvalue weighted by atomic mass is 10.2. The van der Waals surface area contributed by atoms with Crippen molar-refractivity contribution < 1.29 is 14.6 Å². The van der Waals surface area contributed by atoms with Gasteiger partial charge in [0.1, 0.15) is 0 Å². The number of hydrogen-bond acceptors (Lipinski definition) is 5. The Kier molecular flexibility index (Phi) is 4.78. The molecule has 8 heteroatoms. The average Bonchev–Trinajstić information content (AvgIpc) is 2.79. The number of para-hydroxylation sites is 1. The van der Waals surface area contributed by atoms with Crippen molar-refractivity contribution in [2.75, 3.05) is 7.11 Å². The number of phenolic OH excluding ortho intramolecular Hbond substituents is 1. The average molecular weight is 400 g/mol. The predicted molar refractivity (Wildman–Crippen MR) is 85.6 cm³/mol. The van der Waals surface area contributed by atoms with Gasteiger partial charge in [-0.15, -0.1) is 0 Å². The first-order chi connectivity index (χ1) is 10.0. The molecule has 1 aromatic heterocycles. The van der Waals surface area contributed by atoms with Crippen molar-refractivity contribution in [1.82, 2.24) is 15.2 Å². The Morgan fingerprint density at radius 2 is 2.33 bits per heavy atom. The lowest BCUT2D eigenvalue weighted by Gasteiger charge is -2.04. The van der Waals surface area contributed by atoms with E-state index in [2.05, 4.69) is 15.6 Å². The number of amides is 1. The molecule has 0 saturated carbocycles. The third kappa shape index (κ3) is 3.51. The first-order valence-electron chi connectivity index (χ1n) is 5.91. The number of ether oxygens (including phenoxy) is 1. The van der Waals surface area contributed by atoms with Crippen LogP contribution in [0.4, 0.5) is 0 Å². The molecule has 0 aliphatic heterocycles.